The molecule has 0 bridgehead atoms. The number of amides is 3. The van der Waals surface area contributed by atoms with Crippen molar-refractivity contribution in [3.8, 4) is 5.75 Å². The number of primary amides is 1. The van der Waals surface area contributed by atoms with Crippen LogP contribution in [0.5, 0.6) is 5.75 Å². The minimum Gasteiger partial charge on any atom is -0.484 e. The lowest BCUT2D eigenvalue weighted by Gasteiger charge is -2.08. The number of carbonyl (C=O) groups is 3. The molecule has 146 valence electrons. The molecule has 0 unspecified atom stereocenters. The maximum absolute atomic E-state index is 11.9. The van der Waals surface area contributed by atoms with Crippen molar-refractivity contribution in [3.63, 3.8) is 0 Å². The van der Waals surface area contributed by atoms with Crippen molar-refractivity contribution in [1.29, 1.82) is 0 Å². The third-order valence-electron chi connectivity index (χ3n) is 3.38. The normalized spacial score (nSPS) is 10.9. The van der Waals surface area contributed by atoms with Crippen LogP contribution >= 0.6 is 23.2 Å². The molecule has 8 nitrogen and oxygen atoms in total. The molecule has 0 radical (unpaired) electrons. The van der Waals surface area contributed by atoms with Crippen LogP contribution in [0.3, 0.4) is 0 Å². The van der Waals surface area contributed by atoms with E-state index in [-0.39, 0.29) is 22.3 Å². The summed E-state index contributed by atoms with van der Waals surface area (Å²) in [7, 11) is 0. The van der Waals surface area contributed by atoms with Crippen molar-refractivity contribution in [3.05, 3.63) is 58.1 Å². The molecule has 0 atom stereocenters. The van der Waals surface area contributed by atoms with Gasteiger partial charge in [0.05, 0.1) is 21.4 Å². The van der Waals surface area contributed by atoms with Crippen LogP contribution in [0.2, 0.25) is 10.0 Å². The number of anilines is 1. The molecule has 10 heteroatoms. The van der Waals surface area contributed by atoms with Crippen molar-refractivity contribution in [2.45, 2.75) is 6.92 Å². The Morgan fingerprint density at radius 2 is 1.75 bits per heavy atom. The predicted octanol–water partition coefficient (Wildman–Crippen LogP) is 2.34. The van der Waals surface area contributed by atoms with Gasteiger partial charge in [0, 0.05) is 0 Å². The SMILES string of the molecule is C/C(=N\NC(=O)C(=O)Nc1cccc(Cl)c1Cl)c1ccc(OCC(N)=O)cc1. The third kappa shape index (κ3) is 5.97. The summed E-state index contributed by atoms with van der Waals surface area (Å²) >= 11 is 11.8. The first kappa shape index (κ1) is 21.2. The highest BCUT2D eigenvalue weighted by Gasteiger charge is 2.15. The van der Waals surface area contributed by atoms with E-state index >= 15 is 0 Å². The third-order valence-corrected chi connectivity index (χ3v) is 4.20. The molecule has 0 saturated heterocycles. The van der Waals surface area contributed by atoms with Gasteiger partial charge in [0.15, 0.2) is 6.61 Å². The zero-order valence-electron chi connectivity index (χ0n) is 14.7. The lowest BCUT2D eigenvalue weighted by atomic mass is 10.1. The first-order valence-electron chi connectivity index (χ1n) is 7.89. The first-order valence-corrected chi connectivity index (χ1v) is 8.64. The summed E-state index contributed by atoms with van der Waals surface area (Å²) in [5.41, 5.74) is 8.49. The molecular formula is C18H16Cl2N4O4. The Balaban J connectivity index is 1.96. The van der Waals surface area contributed by atoms with Crippen molar-refractivity contribution in [1.82, 2.24) is 5.43 Å². The van der Waals surface area contributed by atoms with Gasteiger partial charge in [-0.05, 0) is 48.9 Å². The van der Waals surface area contributed by atoms with E-state index < -0.39 is 17.7 Å². The Kier molecular flexibility index (Phi) is 7.36. The zero-order chi connectivity index (χ0) is 20.7. The number of ether oxygens (including phenoxy) is 1. The summed E-state index contributed by atoms with van der Waals surface area (Å²) < 4.78 is 5.15. The van der Waals surface area contributed by atoms with Gasteiger partial charge in [-0.15, -0.1) is 0 Å². The summed E-state index contributed by atoms with van der Waals surface area (Å²) in [6.07, 6.45) is 0. The van der Waals surface area contributed by atoms with Crippen LogP contribution in [0.25, 0.3) is 0 Å². The highest BCUT2D eigenvalue weighted by Crippen LogP contribution is 2.29. The Bertz CT molecular complexity index is 930. The van der Waals surface area contributed by atoms with E-state index in [1.807, 2.05) is 0 Å². The van der Waals surface area contributed by atoms with Crippen LogP contribution in [-0.2, 0) is 14.4 Å². The van der Waals surface area contributed by atoms with E-state index in [1.54, 1.807) is 43.3 Å². The number of halogens is 2. The topological polar surface area (TPSA) is 123 Å². The van der Waals surface area contributed by atoms with Gasteiger partial charge < -0.3 is 15.8 Å². The van der Waals surface area contributed by atoms with Crippen LogP contribution in [0.1, 0.15) is 12.5 Å². The van der Waals surface area contributed by atoms with Crippen molar-refractivity contribution < 1.29 is 19.1 Å². The number of nitrogens with two attached hydrogens (primary N) is 1. The fourth-order valence-corrected chi connectivity index (χ4v) is 2.32. The second-order valence-corrected chi connectivity index (χ2v) is 6.26. The number of nitrogens with zero attached hydrogens (tertiary/aromatic N) is 1. The Labute approximate surface area is 170 Å². The molecule has 0 aliphatic rings. The number of nitrogens with one attached hydrogen (secondary N) is 2. The number of hydrazone groups is 1. The second-order valence-electron chi connectivity index (χ2n) is 5.47. The highest BCUT2D eigenvalue weighted by molar-refractivity contribution is 6.45. The molecule has 0 aromatic heterocycles. The van der Waals surface area contributed by atoms with Gasteiger partial charge in [-0.1, -0.05) is 29.3 Å². The molecule has 2 aromatic rings. The monoisotopic (exact) mass is 422 g/mol. The van der Waals surface area contributed by atoms with Crippen LogP contribution in [0.15, 0.2) is 47.6 Å². The summed E-state index contributed by atoms with van der Waals surface area (Å²) in [6, 6.07) is 11.2. The molecule has 2 aromatic carbocycles. The highest BCUT2D eigenvalue weighted by atomic mass is 35.5. The average Bonchev–Trinajstić information content (AvgIpc) is 2.68. The van der Waals surface area contributed by atoms with Crippen molar-refractivity contribution >= 4 is 52.3 Å². The molecule has 3 amide bonds. The zero-order valence-corrected chi connectivity index (χ0v) is 16.2. The summed E-state index contributed by atoms with van der Waals surface area (Å²) in [6.45, 7) is 1.42. The predicted molar refractivity (Wildman–Crippen MR) is 107 cm³/mol. The van der Waals surface area contributed by atoms with Crippen LogP contribution in [0, 0.1) is 0 Å². The first-order chi connectivity index (χ1) is 13.3. The van der Waals surface area contributed by atoms with E-state index in [0.717, 1.165) is 0 Å². The molecule has 4 N–H and O–H groups in total. The molecule has 0 heterocycles. The fraction of sp³-hybridized carbons (Fsp3) is 0.111. The average molecular weight is 423 g/mol. The molecule has 28 heavy (non-hydrogen) atoms. The van der Waals surface area contributed by atoms with Gasteiger partial charge in [0.25, 0.3) is 5.91 Å². The van der Waals surface area contributed by atoms with E-state index in [1.165, 1.54) is 6.07 Å². The van der Waals surface area contributed by atoms with E-state index in [4.69, 9.17) is 33.7 Å². The molecular weight excluding hydrogens is 407 g/mol. The van der Waals surface area contributed by atoms with Crippen LogP contribution in [0.4, 0.5) is 5.69 Å². The van der Waals surface area contributed by atoms with Gasteiger partial charge in [-0.3, -0.25) is 14.4 Å². The summed E-state index contributed by atoms with van der Waals surface area (Å²) in [5.74, 6) is -2.05. The maximum Gasteiger partial charge on any atom is 0.329 e. The molecule has 0 aliphatic carbocycles. The summed E-state index contributed by atoms with van der Waals surface area (Å²) in [5, 5.41) is 6.61. The number of carbonyl (C=O) groups excluding carboxylic acids is 3. The van der Waals surface area contributed by atoms with E-state index in [9.17, 15) is 14.4 Å². The number of hydrogen-bond acceptors (Lipinski definition) is 5. The largest absolute Gasteiger partial charge is 0.484 e. The fourth-order valence-electron chi connectivity index (χ4n) is 1.98. The number of rotatable bonds is 6. The molecule has 0 fully saturated rings. The van der Waals surface area contributed by atoms with Gasteiger partial charge in [-0.2, -0.15) is 5.10 Å². The minimum absolute atomic E-state index is 0.128. The lowest BCUT2D eigenvalue weighted by molar-refractivity contribution is -0.136. The molecule has 0 aliphatic heterocycles. The van der Waals surface area contributed by atoms with Gasteiger partial charge in [-0.25, -0.2) is 5.43 Å². The van der Waals surface area contributed by atoms with E-state index in [0.29, 0.717) is 17.0 Å². The maximum atomic E-state index is 11.9. The summed E-state index contributed by atoms with van der Waals surface area (Å²) in [4.78, 5) is 34.6. The van der Waals surface area contributed by atoms with Crippen molar-refractivity contribution in [2.24, 2.45) is 10.8 Å². The second kappa shape index (κ2) is 9.72. The minimum atomic E-state index is -0.975. The Morgan fingerprint density at radius 1 is 1.07 bits per heavy atom. The van der Waals surface area contributed by atoms with E-state index in [2.05, 4.69) is 15.8 Å². The molecule has 2 rings (SSSR count). The van der Waals surface area contributed by atoms with Crippen LogP contribution in [-0.4, -0.2) is 30.0 Å². The van der Waals surface area contributed by atoms with Gasteiger partial charge in [0.1, 0.15) is 5.75 Å². The lowest BCUT2D eigenvalue weighted by Crippen LogP contribution is -2.33. The van der Waals surface area contributed by atoms with Gasteiger partial charge >= 0.3 is 11.8 Å². The molecule has 0 saturated carbocycles. The quantitative estimate of drug-likeness (QED) is 0.375. The standard InChI is InChI=1S/C18H16Cl2N4O4/c1-10(11-5-7-12(8-6-11)28-9-15(21)25)23-24-18(27)17(26)22-14-4-2-3-13(19)16(14)20/h2-8H,9H2,1H3,(H2,21,25)(H,22,26)(H,24,27)/b23-10+. The van der Waals surface area contributed by atoms with Crippen LogP contribution < -0.4 is 21.2 Å². The van der Waals surface area contributed by atoms with Gasteiger partial charge in [0.2, 0.25) is 0 Å². The Morgan fingerprint density at radius 3 is 2.39 bits per heavy atom. The van der Waals surface area contributed by atoms with Crippen molar-refractivity contribution in [2.75, 3.05) is 11.9 Å². The number of benzene rings is 2. The number of hydrogen-bond donors (Lipinski definition) is 3. The molecule has 0 spiro atoms. The smallest absolute Gasteiger partial charge is 0.329 e. The Hall–Kier alpha value is -3.10.